The van der Waals surface area contributed by atoms with Crippen molar-refractivity contribution in [3.63, 3.8) is 0 Å². The van der Waals surface area contributed by atoms with E-state index in [0.717, 1.165) is 0 Å². The molecule has 0 aromatic rings. The Morgan fingerprint density at radius 2 is 2.00 bits per heavy atom. The SMILES string of the molecule is N=[PH](O)S. The molecule has 0 amide bonds. The van der Waals surface area contributed by atoms with E-state index in [1.165, 1.54) is 0 Å². The Balaban J connectivity index is 2.80. The molecule has 1 atom stereocenters. The maximum Gasteiger partial charge on any atom is 0.118 e. The van der Waals surface area contributed by atoms with Gasteiger partial charge in [-0.1, -0.05) is 0 Å². The molecule has 0 aliphatic rings. The maximum atomic E-state index is 7.69. The fourth-order valence-electron chi connectivity index (χ4n) is 0. The van der Waals surface area contributed by atoms with Crippen LogP contribution in [0, 0.1) is 5.16 Å². The van der Waals surface area contributed by atoms with Gasteiger partial charge in [0.25, 0.3) is 0 Å². The van der Waals surface area contributed by atoms with Crippen molar-refractivity contribution in [1.82, 2.24) is 0 Å². The lowest BCUT2D eigenvalue weighted by Crippen LogP contribution is -1.19. The van der Waals surface area contributed by atoms with Gasteiger partial charge in [0, 0.05) is 0 Å². The molecule has 0 aromatic carbocycles. The molecule has 4 heteroatoms. The van der Waals surface area contributed by atoms with Crippen molar-refractivity contribution in [2.24, 2.45) is 0 Å². The number of hydrogen-bond donors (Lipinski definition) is 3. The second-order valence-electron chi connectivity index (χ2n) is 0.324. The third kappa shape index (κ3) is 20.7. The molecule has 0 aliphatic carbocycles. The van der Waals surface area contributed by atoms with Gasteiger partial charge in [-0.3, -0.25) is 5.16 Å². The van der Waals surface area contributed by atoms with Crippen molar-refractivity contribution in [1.29, 1.82) is 5.16 Å². The van der Waals surface area contributed by atoms with Gasteiger partial charge < -0.3 is 4.89 Å². The first-order valence-corrected chi connectivity index (χ1v) is 3.43. The van der Waals surface area contributed by atoms with Gasteiger partial charge in [0.15, 0.2) is 0 Å². The molecular weight excluding hydrogens is 93.0 g/mol. The molecule has 0 heterocycles. The zero-order chi connectivity index (χ0) is 3.58. The largest absolute Gasteiger partial charge is 0.354 e. The zero-order valence-electron chi connectivity index (χ0n) is 1.89. The van der Waals surface area contributed by atoms with E-state index in [2.05, 4.69) is 12.2 Å². The summed E-state index contributed by atoms with van der Waals surface area (Å²) in [5.74, 6) is 0. The molecule has 2 nitrogen and oxygen atoms in total. The molecule has 0 fully saturated rings. The molecule has 0 saturated heterocycles. The van der Waals surface area contributed by atoms with E-state index in [9.17, 15) is 0 Å². The minimum absolute atomic E-state index is 1.94. The molecule has 0 spiro atoms. The van der Waals surface area contributed by atoms with Gasteiger partial charge in [0.05, 0.1) is 0 Å². The van der Waals surface area contributed by atoms with Crippen LogP contribution in [0.3, 0.4) is 0 Å². The predicted octanol–water partition coefficient (Wildman–Crippen LogP) is 0.715. The highest BCUT2D eigenvalue weighted by molar-refractivity contribution is 8.39. The van der Waals surface area contributed by atoms with Gasteiger partial charge in [-0.2, -0.15) is 0 Å². The summed E-state index contributed by atoms with van der Waals surface area (Å²) in [6.45, 7) is 0. The summed E-state index contributed by atoms with van der Waals surface area (Å²) in [5, 5.41) is 6.10. The molecule has 0 radical (unpaired) electrons. The summed E-state index contributed by atoms with van der Waals surface area (Å²) in [7, 11) is -1.94. The van der Waals surface area contributed by atoms with E-state index in [0.29, 0.717) is 0 Å². The normalized spacial score (nSPS) is 15.5. The van der Waals surface area contributed by atoms with Crippen LogP contribution in [0.15, 0.2) is 0 Å². The molecule has 26 valence electrons. The standard InChI is InChI=1S/H4NOPS/c1-3(2)4/h3H,(H3,1,2,4). The molecular formula is H4NOPS. The van der Waals surface area contributed by atoms with Crippen LogP contribution in [-0.2, 0) is 0 Å². The molecule has 1 unspecified atom stereocenters. The third-order valence-corrected chi connectivity index (χ3v) is 0. The first-order chi connectivity index (χ1) is 1.73. The average molecular weight is 97.1 g/mol. The van der Waals surface area contributed by atoms with Crippen molar-refractivity contribution >= 4 is 19.4 Å². The van der Waals surface area contributed by atoms with Gasteiger partial charge in [-0.15, -0.1) is 12.2 Å². The fourth-order valence-corrected chi connectivity index (χ4v) is 0. The Morgan fingerprint density at radius 3 is 2.00 bits per heavy atom. The second kappa shape index (κ2) is 1.82. The summed E-state index contributed by atoms with van der Waals surface area (Å²) in [6.07, 6.45) is 0. The van der Waals surface area contributed by atoms with Crippen LogP contribution in [0.25, 0.3) is 0 Å². The minimum atomic E-state index is -1.94. The second-order valence-corrected chi connectivity index (χ2v) is 2.24. The van der Waals surface area contributed by atoms with Crippen LogP contribution < -0.4 is 0 Å². The highest BCUT2D eigenvalue weighted by atomic mass is 32.7. The van der Waals surface area contributed by atoms with Crippen LogP contribution >= 0.6 is 19.4 Å². The molecule has 0 aliphatic heterocycles. The maximum absolute atomic E-state index is 7.69. The number of hydrogen-bond acceptors (Lipinski definition) is 1. The predicted molar refractivity (Wildman–Crippen MR) is 22.2 cm³/mol. The summed E-state index contributed by atoms with van der Waals surface area (Å²) >= 11 is 3.29. The number of nitrogens with one attached hydrogen (secondary N) is 1. The topological polar surface area (TPSA) is 44.1 Å². The van der Waals surface area contributed by atoms with Crippen molar-refractivity contribution < 1.29 is 4.89 Å². The highest BCUT2D eigenvalue weighted by Gasteiger charge is 1.53. The van der Waals surface area contributed by atoms with Gasteiger partial charge in [-0.05, 0) is 0 Å². The van der Waals surface area contributed by atoms with E-state index in [-0.39, 0.29) is 0 Å². The van der Waals surface area contributed by atoms with Crippen molar-refractivity contribution in [2.75, 3.05) is 0 Å². The monoisotopic (exact) mass is 97.0 g/mol. The van der Waals surface area contributed by atoms with Gasteiger partial charge in [0.2, 0.25) is 0 Å². The lowest BCUT2D eigenvalue weighted by atomic mass is 14.0. The summed E-state index contributed by atoms with van der Waals surface area (Å²) in [4.78, 5) is 7.69. The highest BCUT2D eigenvalue weighted by Crippen LogP contribution is 2.17. The fraction of sp³-hybridized carbons (Fsp3) is 0. The Morgan fingerprint density at radius 1 is 2.00 bits per heavy atom. The molecule has 0 aromatic heterocycles. The minimum Gasteiger partial charge on any atom is -0.354 e. The lowest BCUT2D eigenvalue weighted by molar-refractivity contribution is 0.648. The Kier molecular flexibility index (Phi) is 2.07. The molecule has 0 saturated carbocycles. The summed E-state index contributed by atoms with van der Waals surface area (Å²) < 4.78 is 0. The van der Waals surface area contributed by atoms with Gasteiger partial charge >= 0.3 is 0 Å². The van der Waals surface area contributed by atoms with E-state index in [1.807, 2.05) is 0 Å². The smallest absolute Gasteiger partial charge is 0.118 e. The van der Waals surface area contributed by atoms with E-state index in [4.69, 9.17) is 10.1 Å². The lowest BCUT2D eigenvalue weighted by Gasteiger charge is -1.66. The molecule has 2 N–H and O–H groups in total. The Hall–Kier alpha value is 0.540. The quantitative estimate of drug-likeness (QED) is 0.302. The van der Waals surface area contributed by atoms with E-state index < -0.39 is 7.14 Å². The van der Waals surface area contributed by atoms with Crippen LogP contribution in [0.2, 0.25) is 0 Å². The third-order valence-electron chi connectivity index (χ3n) is 0. The number of thiol groups is 1. The van der Waals surface area contributed by atoms with Crippen LogP contribution in [-0.4, -0.2) is 4.89 Å². The van der Waals surface area contributed by atoms with E-state index >= 15 is 0 Å². The number of rotatable bonds is 0. The first kappa shape index (κ1) is 4.54. The molecule has 0 rings (SSSR count). The van der Waals surface area contributed by atoms with E-state index in [1.54, 1.807) is 0 Å². The zero-order valence-corrected chi connectivity index (χ0v) is 3.79. The molecule has 0 bridgehead atoms. The summed E-state index contributed by atoms with van der Waals surface area (Å²) in [5.41, 5.74) is 0. The Labute approximate surface area is 30.4 Å². The van der Waals surface area contributed by atoms with Crippen molar-refractivity contribution in [2.45, 2.75) is 0 Å². The van der Waals surface area contributed by atoms with Crippen molar-refractivity contribution in [3.05, 3.63) is 0 Å². The summed E-state index contributed by atoms with van der Waals surface area (Å²) in [6, 6.07) is 0. The molecule has 4 heavy (non-hydrogen) atoms. The van der Waals surface area contributed by atoms with Crippen molar-refractivity contribution in [3.8, 4) is 0 Å². The Bertz CT molecular complexity index is 31.0. The van der Waals surface area contributed by atoms with Crippen LogP contribution in [0.5, 0.6) is 0 Å². The van der Waals surface area contributed by atoms with Crippen LogP contribution in [0.1, 0.15) is 0 Å². The van der Waals surface area contributed by atoms with Gasteiger partial charge in [-0.25, -0.2) is 0 Å². The van der Waals surface area contributed by atoms with Gasteiger partial charge in [0.1, 0.15) is 7.14 Å². The van der Waals surface area contributed by atoms with Crippen LogP contribution in [0.4, 0.5) is 0 Å². The first-order valence-electron chi connectivity index (χ1n) is 0.697. The average Bonchev–Trinajstić information content (AvgIpc) is 0.811.